The van der Waals surface area contributed by atoms with Crippen molar-refractivity contribution in [3.63, 3.8) is 0 Å². The number of ether oxygens (including phenoxy) is 1. The summed E-state index contributed by atoms with van der Waals surface area (Å²) in [6, 6.07) is 0. The summed E-state index contributed by atoms with van der Waals surface area (Å²) in [6.07, 6.45) is 0.937. The van der Waals surface area contributed by atoms with Crippen LogP contribution in [0.25, 0.3) is 0 Å². The zero-order chi connectivity index (χ0) is 11.2. The molecule has 0 aliphatic heterocycles. The van der Waals surface area contributed by atoms with Crippen LogP contribution < -0.4 is 5.32 Å². The second-order valence-corrected chi connectivity index (χ2v) is 3.00. The van der Waals surface area contributed by atoms with Crippen molar-refractivity contribution >= 4 is 12.1 Å². The third-order valence-electron chi connectivity index (χ3n) is 1.89. The van der Waals surface area contributed by atoms with E-state index in [0.717, 1.165) is 0 Å². The van der Waals surface area contributed by atoms with Crippen LogP contribution in [0.1, 0.15) is 20.3 Å². The molecule has 0 aromatic carbocycles. The maximum absolute atomic E-state index is 11.0. The van der Waals surface area contributed by atoms with E-state index in [4.69, 9.17) is 5.11 Å². The van der Waals surface area contributed by atoms with Crippen LogP contribution in [0.3, 0.4) is 0 Å². The summed E-state index contributed by atoms with van der Waals surface area (Å²) >= 11 is 0. The van der Waals surface area contributed by atoms with Crippen molar-refractivity contribution in [2.45, 2.75) is 25.8 Å². The monoisotopic (exact) mass is 201 g/mol. The Balaban J connectivity index is 4.24. The van der Waals surface area contributed by atoms with E-state index in [1.165, 1.54) is 13.0 Å². The van der Waals surface area contributed by atoms with E-state index in [1.54, 1.807) is 6.92 Å². The number of carboxylic acid groups (broad SMARTS) is 1. The molecule has 0 fully saturated rings. The normalized spacial score (nSPS) is 13.9. The van der Waals surface area contributed by atoms with Crippen molar-refractivity contribution in [3.8, 4) is 0 Å². The molecule has 0 aromatic rings. The number of carbonyl (C=O) groups excluding carboxylic acids is 1. The topological polar surface area (TPSA) is 75.6 Å². The molecule has 1 unspecified atom stereocenters. The highest BCUT2D eigenvalue weighted by atomic mass is 16.5. The third-order valence-corrected chi connectivity index (χ3v) is 1.89. The van der Waals surface area contributed by atoms with Gasteiger partial charge in [-0.25, -0.2) is 9.59 Å². The molecule has 5 nitrogen and oxygen atoms in total. The first kappa shape index (κ1) is 12.5. The average Bonchev–Trinajstić information content (AvgIpc) is 2.14. The van der Waals surface area contributed by atoms with E-state index in [0.29, 0.717) is 0 Å². The Hall–Kier alpha value is -1.52. The number of hydrogen-bond acceptors (Lipinski definition) is 3. The lowest BCUT2D eigenvalue weighted by atomic mass is 10.00. The zero-order valence-corrected chi connectivity index (χ0v) is 8.37. The van der Waals surface area contributed by atoms with E-state index in [9.17, 15) is 9.59 Å². The van der Waals surface area contributed by atoms with Gasteiger partial charge in [0.15, 0.2) is 0 Å². The number of nitrogens with one attached hydrogen (secondary N) is 1. The SMILES string of the molecule is C=CCOC(=O)NC(C)(CC)C(=O)O. The third kappa shape index (κ3) is 3.47. The van der Waals surface area contributed by atoms with Gasteiger partial charge in [-0.05, 0) is 13.3 Å². The number of aliphatic carboxylic acids is 1. The fraction of sp³-hybridized carbons (Fsp3) is 0.556. The number of hydrogen-bond donors (Lipinski definition) is 2. The van der Waals surface area contributed by atoms with Gasteiger partial charge in [0.2, 0.25) is 0 Å². The second kappa shape index (κ2) is 5.26. The van der Waals surface area contributed by atoms with Crippen LogP contribution >= 0.6 is 0 Å². The Morgan fingerprint density at radius 3 is 2.57 bits per heavy atom. The highest BCUT2D eigenvalue weighted by molar-refractivity contribution is 5.83. The standard InChI is InChI=1S/C9H15NO4/c1-4-6-14-8(13)10-9(3,5-2)7(11)12/h4H,1,5-6H2,2-3H3,(H,10,13)(H,11,12). The minimum atomic E-state index is -1.28. The van der Waals surface area contributed by atoms with Crippen molar-refractivity contribution < 1.29 is 19.4 Å². The van der Waals surface area contributed by atoms with Crippen LogP contribution in [0.15, 0.2) is 12.7 Å². The summed E-state index contributed by atoms with van der Waals surface area (Å²) in [7, 11) is 0. The predicted octanol–water partition coefficient (Wildman–Crippen LogP) is 1.15. The van der Waals surface area contributed by atoms with Gasteiger partial charge in [0.1, 0.15) is 12.1 Å². The van der Waals surface area contributed by atoms with Gasteiger partial charge < -0.3 is 15.2 Å². The van der Waals surface area contributed by atoms with Crippen LogP contribution in [0, 0.1) is 0 Å². The van der Waals surface area contributed by atoms with E-state index < -0.39 is 17.6 Å². The Labute approximate surface area is 82.7 Å². The molecule has 5 heteroatoms. The van der Waals surface area contributed by atoms with E-state index in [1.807, 2.05) is 0 Å². The number of carboxylic acids is 1. The van der Waals surface area contributed by atoms with Gasteiger partial charge >= 0.3 is 12.1 Å². The van der Waals surface area contributed by atoms with Gasteiger partial charge in [0, 0.05) is 0 Å². The van der Waals surface area contributed by atoms with Crippen LogP contribution in [0.2, 0.25) is 0 Å². The van der Waals surface area contributed by atoms with Crippen molar-refractivity contribution in [3.05, 3.63) is 12.7 Å². The fourth-order valence-electron chi connectivity index (χ4n) is 0.689. The lowest BCUT2D eigenvalue weighted by Crippen LogP contribution is -2.51. The molecule has 0 aliphatic rings. The van der Waals surface area contributed by atoms with Crippen LogP contribution in [-0.2, 0) is 9.53 Å². The number of alkyl carbamates (subject to hydrolysis) is 1. The van der Waals surface area contributed by atoms with Crippen molar-refractivity contribution in [1.29, 1.82) is 0 Å². The average molecular weight is 201 g/mol. The molecule has 0 bridgehead atoms. The summed E-state index contributed by atoms with van der Waals surface area (Å²) in [5, 5.41) is 11.1. The molecule has 0 radical (unpaired) electrons. The van der Waals surface area contributed by atoms with Crippen molar-refractivity contribution in [2.75, 3.05) is 6.61 Å². The maximum Gasteiger partial charge on any atom is 0.408 e. The smallest absolute Gasteiger partial charge is 0.408 e. The number of amides is 1. The lowest BCUT2D eigenvalue weighted by Gasteiger charge is -2.23. The molecular weight excluding hydrogens is 186 g/mol. The van der Waals surface area contributed by atoms with Crippen molar-refractivity contribution in [2.24, 2.45) is 0 Å². The minimum Gasteiger partial charge on any atom is -0.480 e. The van der Waals surface area contributed by atoms with Gasteiger partial charge in [-0.3, -0.25) is 0 Å². The summed E-state index contributed by atoms with van der Waals surface area (Å²) in [5.74, 6) is -1.09. The quantitative estimate of drug-likeness (QED) is 0.654. The van der Waals surface area contributed by atoms with Crippen LogP contribution in [0.5, 0.6) is 0 Å². The highest BCUT2D eigenvalue weighted by Crippen LogP contribution is 2.09. The number of carbonyl (C=O) groups is 2. The Bertz CT molecular complexity index is 239. The molecule has 14 heavy (non-hydrogen) atoms. The summed E-state index contributed by atoms with van der Waals surface area (Å²) < 4.78 is 4.61. The van der Waals surface area contributed by atoms with Gasteiger partial charge in [-0.2, -0.15) is 0 Å². The van der Waals surface area contributed by atoms with Gasteiger partial charge in [-0.1, -0.05) is 19.6 Å². The van der Waals surface area contributed by atoms with Crippen LogP contribution in [0.4, 0.5) is 4.79 Å². The summed E-state index contributed by atoms with van der Waals surface area (Å²) in [4.78, 5) is 21.8. The first-order chi connectivity index (χ1) is 6.46. The molecule has 0 aliphatic carbocycles. The molecular formula is C9H15NO4. The Morgan fingerprint density at radius 1 is 1.64 bits per heavy atom. The Morgan fingerprint density at radius 2 is 2.21 bits per heavy atom. The van der Waals surface area contributed by atoms with Gasteiger partial charge in [-0.15, -0.1) is 0 Å². The van der Waals surface area contributed by atoms with E-state index in [-0.39, 0.29) is 13.0 Å². The lowest BCUT2D eigenvalue weighted by molar-refractivity contribution is -0.144. The van der Waals surface area contributed by atoms with E-state index >= 15 is 0 Å². The number of rotatable bonds is 5. The van der Waals surface area contributed by atoms with Gasteiger partial charge in [0.25, 0.3) is 0 Å². The molecule has 2 N–H and O–H groups in total. The van der Waals surface area contributed by atoms with Crippen molar-refractivity contribution in [1.82, 2.24) is 5.32 Å². The fourth-order valence-corrected chi connectivity index (χ4v) is 0.689. The van der Waals surface area contributed by atoms with Crippen LogP contribution in [-0.4, -0.2) is 29.3 Å². The molecule has 0 heterocycles. The second-order valence-electron chi connectivity index (χ2n) is 3.00. The molecule has 0 saturated carbocycles. The Kier molecular flexibility index (Phi) is 4.69. The molecule has 0 spiro atoms. The van der Waals surface area contributed by atoms with Gasteiger partial charge in [0.05, 0.1) is 0 Å². The molecule has 80 valence electrons. The molecule has 0 rings (SSSR count). The largest absolute Gasteiger partial charge is 0.480 e. The maximum atomic E-state index is 11.0. The first-order valence-corrected chi connectivity index (χ1v) is 4.25. The minimum absolute atomic E-state index is 0.0608. The molecule has 0 saturated heterocycles. The summed E-state index contributed by atoms with van der Waals surface area (Å²) in [5.41, 5.74) is -1.28. The highest BCUT2D eigenvalue weighted by Gasteiger charge is 2.33. The zero-order valence-electron chi connectivity index (χ0n) is 8.37. The molecule has 1 atom stereocenters. The summed E-state index contributed by atoms with van der Waals surface area (Å²) in [6.45, 7) is 6.51. The van der Waals surface area contributed by atoms with E-state index in [2.05, 4.69) is 16.6 Å². The molecule has 1 amide bonds. The predicted molar refractivity (Wildman–Crippen MR) is 51.0 cm³/mol. The first-order valence-electron chi connectivity index (χ1n) is 4.25. The molecule has 0 aromatic heterocycles.